The molecule has 108 valence electrons. The molecule has 0 spiro atoms. The van der Waals surface area contributed by atoms with Crippen LogP contribution in [0, 0.1) is 18.8 Å². The number of nitrogens with zero attached hydrogens (tertiary/aromatic N) is 1. The van der Waals surface area contributed by atoms with Gasteiger partial charge in [-0.3, -0.25) is 4.79 Å². The molecule has 1 aromatic heterocycles. The van der Waals surface area contributed by atoms with Crippen LogP contribution in [0.25, 0.3) is 0 Å². The average Bonchev–Trinajstić information content (AvgIpc) is 3.00. The Labute approximate surface area is 123 Å². The lowest BCUT2D eigenvalue weighted by atomic mass is 10.0. The molecule has 0 atom stereocenters. The van der Waals surface area contributed by atoms with Crippen LogP contribution in [0.4, 0.5) is 0 Å². The average molecular weight is 284 g/mol. The minimum atomic E-state index is -0.185. The van der Waals surface area contributed by atoms with Crippen molar-refractivity contribution in [3.8, 4) is 11.8 Å². The summed E-state index contributed by atoms with van der Waals surface area (Å²) < 4.78 is 4.93. The first-order valence-corrected chi connectivity index (χ1v) is 6.59. The standard InChI is InChI=1S/C16H16N2O3/c1-12-5-6-13(4-2-3-9-19)10-15(12)16(20)17-11-14-7-8-18-21-14/h5-8,10,19H,3,9,11H2,1H3,(H,17,20). The van der Waals surface area contributed by atoms with Gasteiger partial charge in [0.05, 0.1) is 19.3 Å². The summed E-state index contributed by atoms with van der Waals surface area (Å²) in [7, 11) is 0. The minimum Gasteiger partial charge on any atom is -0.395 e. The van der Waals surface area contributed by atoms with Crippen LogP contribution >= 0.6 is 0 Å². The number of benzene rings is 1. The van der Waals surface area contributed by atoms with E-state index in [1.807, 2.05) is 19.1 Å². The fraction of sp³-hybridized carbons (Fsp3) is 0.250. The maximum Gasteiger partial charge on any atom is 0.251 e. The highest BCUT2D eigenvalue weighted by atomic mass is 16.5. The summed E-state index contributed by atoms with van der Waals surface area (Å²) >= 11 is 0. The topological polar surface area (TPSA) is 75.4 Å². The first-order chi connectivity index (χ1) is 10.2. The molecule has 1 heterocycles. The molecule has 2 aromatic rings. The number of aromatic nitrogens is 1. The van der Waals surface area contributed by atoms with Gasteiger partial charge in [0.25, 0.3) is 5.91 Å². The SMILES string of the molecule is Cc1ccc(C#CCCO)cc1C(=O)NCc1ccno1. The van der Waals surface area contributed by atoms with Crippen LogP contribution in [-0.4, -0.2) is 22.8 Å². The summed E-state index contributed by atoms with van der Waals surface area (Å²) in [6, 6.07) is 7.15. The second-order valence-electron chi connectivity index (χ2n) is 4.47. The smallest absolute Gasteiger partial charge is 0.251 e. The van der Waals surface area contributed by atoms with Gasteiger partial charge in [0.1, 0.15) is 0 Å². The van der Waals surface area contributed by atoms with Gasteiger partial charge in [0.2, 0.25) is 0 Å². The molecule has 0 fully saturated rings. The maximum atomic E-state index is 12.2. The minimum absolute atomic E-state index is 0.0311. The van der Waals surface area contributed by atoms with Gasteiger partial charge < -0.3 is 14.9 Å². The molecule has 0 aliphatic rings. The maximum absolute atomic E-state index is 12.2. The number of carbonyl (C=O) groups excluding carboxylic acids is 1. The van der Waals surface area contributed by atoms with E-state index >= 15 is 0 Å². The fourth-order valence-corrected chi connectivity index (χ4v) is 1.76. The Kier molecular flexibility index (Phi) is 5.13. The van der Waals surface area contributed by atoms with E-state index in [1.54, 1.807) is 12.1 Å². The molecule has 0 aliphatic carbocycles. The molecule has 2 rings (SSSR count). The van der Waals surface area contributed by atoms with Gasteiger partial charge in [-0.05, 0) is 24.6 Å². The van der Waals surface area contributed by atoms with Gasteiger partial charge in [-0.1, -0.05) is 23.1 Å². The van der Waals surface area contributed by atoms with Gasteiger partial charge in [-0.2, -0.15) is 0 Å². The normalized spacial score (nSPS) is 9.81. The van der Waals surface area contributed by atoms with Crippen molar-refractivity contribution in [2.24, 2.45) is 0 Å². The van der Waals surface area contributed by atoms with Gasteiger partial charge in [-0.15, -0.1) is 0 Å². The predicted octanol–water partition coefficient (Wildman–Crippen LogP) is 1.65. The van der Waals surface area contributed by atoms with E-state index in [4.69, 9.17) is 9.63 Å². The summed E-state index contributed by atoms with van der Waals surface area (Å²) in [5.41, 5.74) is 2.20. The van der Waals surface area contributed by atoms with Crippen molar-refractivity contribution >= 4 is 5.91 Å². The molecular formula is C16H16N2O3. The zero-order valence-corrected chi connectivity index (χ0v) is 11.7. The lowest BCUT2D eigenvalue weighted by molar-refractivity contribution is 0.0946. The summed E-state index contributed by atoms with van der Waals surface area (Å²) in [6.07, 6.45) is 1.95. The first kappa shape index (κ1) is 14.8. The Hall–Kier alpha value is -2.58. The largest absolute Gasteiger partial charge is 0.395 e. The number of nitrogens with one attached hydrogen (secondary N) is 1. The number of carbonyl (C=O) groups is 1. The molecule has 0 radical (unpaired) electrons. The number of hydrogen-bond donors (Lipinski definition) is 2. The number of hydrogen-bond acceptors (Lipinski definition) is 4. The van der Waals surface area contributed by atoms with Gasteiger partial charge >= 0.3 is 0 Å². The Balaban J connectivity index is 2.09. The van der Waals surface area contributed by atoms with E-state index in [-0.39, 0.29) is 12.5 Å². The molecule has 1 amide bonds. The molecule has 21 heavy (non-hydrogen) atoms. The zero-order valence-electron chi connectivity index (χ0n) is 11.7. The number of amides is 1. The predicted molar refractivity (Wildman–Crippen MR) is 77.4 cm³/mol. The van der Waals surface area contributed by atoms with E-state index in [9.17, 15) is 4.79 Å². The molecule has 0 unspecified atom stereocenters. The monoisotopic (exact) mass is 284 g/mol. The van der Waals surface area contributed by atoms with Crippen LogP contribution in [-0.2, 0) is 6.54 Å². The molecule has 0 aliphatic heterocycles. The highest BCUT2D eigenvalue weighted by Crippen LogP contribution is 2.11. The molecule has 5 nitrogen and oxygen atoms in total. The third-order valence-corrected chi connectivity index (χ3v) is 2.87. The van der Waals surface area contributed by atoms with Crippen LogP contribution in [0.2, 0.25) is 0 Å². The van der Waals surface area contributed by atoms with Crippen molar-refractivity contribution in [2.45, 2.75) is 19.9 Å². The molecule has 0 saturated heterocycles. The quantitative estimate of drug-likeness (QED) is 0.837. The summed E-state index contributed by atoms with van der Waals surface area (Å²) in [4.78, 5) is 12.2. The van der Waals surface area contributed by atoms with Crippen LogP contribution in [0.15, 0.2) is 35.0 Å². The van der Waals surface area contributed by atoms with E-state index in [1.165, 1.54) is 6.20 Å². The van der Waals surface area contributed by atoms with Crippen LogP contribution in [0.3, 0.4) is 0 Å². The molecule has 1 aromatic carbocycles. The van der Waals surface area contributed by atoms with Crippen molar-refractivity contribution < 1.29 is 14.4 Å². The number of rotatable bonds is 4. The van der Waals surface area contributed by atoms with Crippen LogP contribution < -0.4 is 5.32 Å². The van der Waals surface area contributed by atoms with Crippen molar-refractivity contribution in [1.29, 1.82) is 0 Å². The molecular weight excluding hydrogens is 268 g/mol. The fourth-order valence-electron chi connectivity index (χ4n) is 1.76. The lowest BCUT2D eigenvalue weighted by Crippen LogP contribution is -2.23. The van der Waals surface area contributed by atoms with Gasteiger partial charge in [0, 0.05) is 23.6 Å². The molecule has 2 N–H and O–H groups in total. The Bertz CT molecular complexity index is 667. The van der Waals surface area contributed by atoms with Crippen molar-refractivity contribution in [3.63, 3.8) is 0 Å². The number of aliphatic hydroxyl groups is 1. The third kappa shape index (κ3) is 4.20. The van der Waals surface area contributed by atoms with Crippen LogP contribution in [0.1, 0.15) is 33.7 Å². The first-order valence-electron chi connectivity index (χ1n) is 6.59. The lowest BCUT2D eigenvalue weighted by Gasteiger charge is -2.07. The van der Waals surface area contributed by atoms with Crippen molar-refractivity contribution in [1.82, 2.24) is 10.5 Å². The third-order valence-electron chi connectivity index (χ3n) is 2.87. The van der Waals surface area contributed by atoms with Gasteiger partial charge in [0.15, 0.2) is 5.76 Å². The Morgan fingerprint density at radius 3 is 3.00 bits per heavy atom. The molecule has 0 saturated carbocycles. The summed E-state index contributed by atoms with van der Waals surface area (Å²) in [5.74, 6) is 6.17. The van der Waals surface area contributed by atoms with E-state index in [0.29, 0.717) is 24.3 Å². The highest BCUT2D eigenvalue weighted by molar-refractivity contribution is 5.95. The second kappa shape index (κ2) is 7.27. The Morgan fingerprint density at radius 1 is 1.43 bits per heavy atom. The zero-order chi connectivity index (χ0) is 15.1. The van der Waals surface area contributed by atoms with Gasteiger partial charge in [-0.25, -0.2) is 0 Å². The number of aliphatic hydroxyl groups excluding tert-OH is 1. The van der Waals surface area contributed by atoms with Crippen molar-refractivity contribution in [3.05, 3.63) is 52.9 Å². The Morgan fingerprint density at radius 2 is 2.29 bits per heavy atom. The van der Waals surface area contributed by atoms with E-state index < -0.39 is 0 Å². The highest BCUT2D eigenvalue weighted by Gasteiger charge is 2.10. The summed E-state index contributed by atoms with van der Waals surface area (Å²) in [6.45, 7) is 2.19. The second-order valence-corrected chi connectivity index (χ2v) is 4.47. The molecule has 0 bridgehead atoms. The molecule has 5 heteroatoms. The van der Waals surface area contributed by atoms with Crippen molar-refractivity contribution in [2.75, 3.05) is 6.61 Å². The van der Waals surface area contributed by atoms with E-state index in [0.717, 1.165) is 11.1 Å². The van der Waals surface area contributed by atoms with Crippen LogP contribution in [0.5, 0.6) is 0 Å². The number of aryl methyl sites for hydroxylation is 1. The van der Waals surface area contributed by atoms with E-state index in [2.05, 4.69) is 22.3 Å². The summed E-state index contributed by atoms with van der Waals surface area (Å²) in [5, 5.41) is 15.1.